The summed E-state index contributed by atoms with van der Waals surface area (Å²) in [6.07, 6.45) is 3.05. The molecule has 196 valence electrons. The third-order valence-corrected chi connectivity index (χ3v) is 8.16. The van der Waals surface area contributed by atoms with E-state index >= 15 is 0 Å². The van der Waals surface area contributed by atoms with Crippen LogP contribution in [-0.4, -0.2) is 48.7 Å². The van der Waals surface area contributed by atoms with E-state index in [1.165, 1.54) is 30.3 Å². The summed E-state index contributed by atoms with van der Waals surface area (Å²) >= 11 is 0. The van der Waals surface area contributed by atoms with Crippen molar-refractivity contribution < 1.29 is 18.0 Å². The molecule has 0 aliphatic heterocycles. The van der Waals surface area contributed by atoms with Crippen molar-refractivity contribution in [3.05, 3.63) is 59.8 Å². The molecule has 2 amide bonds. The monoisotopic (exact) mass is 525 g/mol. The van der Waals surface area contributed by atoms with Crippen LogP contribution in [0, 0.1) is 5.41 Å². The molecule has 2 aromatic carbocycles. The third kappa shape index (κ3) is 5.66. The van der Waals surface area contributed by atoms with Gasteiger partial charge in [0.25, 0.3) is 15.9 Å². The number of amides is 2. The van der Waals surface area contributed by atoms with Crippen LogP contribution >= 0.6 is 0 Å². The highest BCUT2D eigenvalue weighted by atomic mass is 32.2. The van der Waals surface area contributed by atoms with Gasteiger partial charge in [0.05, 0.1) is 10.4 Å². The molecule has 0 radical (unpaired) electrons. The third-order valence-electron chi connectivity index (χ3n) is 6.44. The number of amidine groups is 1. The van der Waals surface area contributed by atoms with Crippen molar-refractivity contribution >= 4 is 44.3 Å². The highest BCUT2D eigenvalue weighted by Crippen LogP contribution is 2.29. The molecule has 0 spiro atoms. The number of hydrogen-bond donors (Lipinski definition) is 6. The fourth-order valence-corrected chi connectivity index (χ4v) is 6.03. The Hall–Kier alpha value is -3.74. The van der Waals surface area contributed by atoms with E-state index in [0.29, 0.717) is 23.8 Å². The van der Waals surface area contributed by atoms with Gasteiger partial charge in [0.15, 0.2) is 0 Å². The second kappa shape index (κ2) is 10.7. The highest BCUT2D eigenvalue weighted by Gasteiger charge is 2.29. The lowest BCUT2D eigenvalue weighted by Crippen LogP contribution is -2.41. The zero-order valence-electron chi connectivity index (χ0n) is 20.2. The molecule has 4 rings (SSSR count). The first-order chi connectivity index (χ1) is 17.6. The van der Waals surface area contributed by atoms with Crippen LogP contribution in [0.1, 0.15) is 48.2 Å². The van der Waals surface area contributed by atoms with E-state index in [0.717, 1.165) is 16.8 Å². The van der Waals surface area contributed by atoms with Gasteiger partial charge in [-0.05, 0) is 56.0 Å². The molecule has 1 fully saturated rings. The van der Waals surface area contributed by atoms with E-state index in [9.17, 15) is 18.0 Å². The molecule has 0 bridgehead atoms. The van der Waals surface area contributed by atoms with Crippen molar-refractivity contribution in [2.45, 2.75) is 49.1 Å². The summed E-state index contributed by atoms with van der Waals surface area (Å²) in [5.41, 5.74) is 17.8. The summed E-state index contributed by atoms with van der Waals surface area (Å²) in [5, 5.41) is 13.9. The fourth-order valence-electron chi connectivity index (χ4n) is 4.48. The summed E-state index contributed by atoms with van der Waals surface area (Å²) in [6, 6.07) is 12.0. The van der Waals surface area contributed by atoms with Crippen molar-refractivity contribution in [1.29, 1.82) is 5.41 Å². The quantitative estimate of drug-likeness (QED) is 0.189. The lowest BCUT2D eigenvalue weighted by Gasteiger charge is -2.27. The minimum Gasteiger partial charge on any atom is -0.384 e. The van der Waals surface area contributed by atoms with Gasteiger partial charge in [-0.2, -0.15) is 0 Å². The maximum absolute atomic E-state index is 14.0. The van der Waals surface area contributed by atoms with Gasteiger partial charge < -0.3 is 27.8 Å². The number of hydrogen-bond acceptors (Lipinski definition) is 7. The van der Waals surface area contributed by atoms with Crippen LogP contribution in [0.15, 0.2) is 53.4 Å². The number of nitrogens with two attached hydrogens (primary N) is 3. The molecule has 1 aromatic heterocycles. The molecule has 0 unspecified atom stereocenters. The summed E-state index contributed by atoms with van der Waals surface area (Å²) in [4.78, 5) is 25.3. The molecular formula is C25H31N7O4S. The number of nitrogens with one attached hydrogen (secondary N) is 3. The Morgan fingerprint density at radius 1 is 1.05 bits per heavy atom. The largest absolute Gasteiger partial charge is 0.384 e. The molecule has 0 saturated heterocycles. The van der Waals surface area contributed by atoms with Crippen LogP contribution in [0.4, 0.5) is 5.69 Å². The smallest absolute Gasteiger partial charge is 0.269 e. The van der Waals surface area contributed by atoms with Crippen molar-refractivity contribution in [3.8, 4) is 0 Å². The number of anilines is 1. The molecule has 9 N–H and O–H groups in total. The van der Waals surface area contributed by atoms with Crippen molar-refractivity contribution in [3.63, 3.8) is 0 Å². The summed E-state index contributed by atoms with van der Waals surface area (Å²) in [7, 11) is -4.31. The highest BCUT2D eigenvalue weighted by molar-refractivity contribution is 7.90. The minimum absolute atomic E-state index is 0.0665. The average molecular weight is 526 g/mol. The first-order valence-corrected chi connectivity index (χ1v) is 13.5. The van der Waals surface area contributed by atoms with Crippen LogP contribution in [0.5, 0.6) is 0 Å². The predicted octanol–water partition coefficient (Wildman–Crippen LogP) is 1.45. The predicted molar refractivity (Wildman–Crippen MR) is 142 cm³/mol. The molecule has 11 nitrogen and oxygen atoms in total. The number of nitrogen functional groups attached to an aromatic ring is 1. The van der Waals surface area contributed by atoms with E-state index in [4.69, 9.17) is 22.6 Å². The van der Waals surface area contributed by atoms with E-state index in [1.54, 1.807) is 18.2 Å². The average Bonchev–Trinajstić information content (AvgIpc) is 3.25. The maximum Gasteiger partial charge on any atom is 0.269 e. The van der Waals surface area contributed by atoms with Gasteiger partial charge in [-0.3, -0.25) is 15.0 Å². The number of carbonyl (C=O) groups excluding carboxylic acids is 2. The normalized spacial score (nSPS) is 17.9. The summed E-state index contributed by atoms with van der Waals surface area (Å²) in [5.74, 6) is -1.11. The van der Waals surface area contributed by atoms with E-state index in [-0.39, 0.29) is 58.6 Å². The number of aromatic nitrogens is 1. The summed E-state index contributed by atoms with van der Waals surface area (Å²) in [6.45, 7) is 0.156. The molecule has 37 heavy (non-hydrogen) atoms. The molecule has 1 heterocycles. The van der Waals surface area contributed by atoms with Gasteiger partial charge in [-0.15, -0.1) is 0 Å². The molecule has 0 atom stereocenters. The zero-order chi connectivity index (χ0) is 26.7. The van der Waals surface area contributed by atoms with Crippen molar-refractivity contribution in [1.82, 2.24) is 9.29 Å². The second-order valence-electron chi connectivity index (χ2n) is 9.19. The van der Waals surface area contributed by atoms with Gasteiger partial charge in [0, 0.05) is 41.7 Å². The number of fused-ring (bicyclic) bond motifs is 1. The molecular weight excluding hydrogens is 494 g/mol. The maximum atomic E-state index is 14.0. The van der Waals surface area contributed by atoms with Gasteiger partial charge in [0.1, 0.15) is 11.5 Å². The Labute approximate surface area is 214 Å². The van der Waals surface area contributed by atoms with Gasteiger partial charge in [-0.1, -0.05) is 18.2 Å². The van der Waals surface area contributed by atoms with Crippen LogP contribution in [0.3, 0.4) is 0 Å². The topological polar surface area (TPSA) is 199 Å². The first-order valence-electron chi connectivity index (χ1n) is 12.0. The Balaban J connectivity index is 1.80. The van der Waals surface area contributed by atoms with E-state index < -0.39 is 15.9 Å². The standard InChI is InChI=1S/C25H31N7O4S/c26-11-10-23(33)30-19-2-1-3-20(14-19)37(35,36)32-21-13-16(24(28)29)5-4-15(21)12-22(32)25(34)31-18-8-6-17(27)7-9-18/h1-5,12-14,17-18H,6-11,26-27H2,(H3,28,29)(H,30,33)(H,31,34)/t17-,18-. The zero-order valence-corrected chi connectivity index (χ0v) is 21.1. The lowest BCUT2D eigenvalue weighted by molar-refractivity contribution is -0.116. The Bertz CT molecular complexity index is 1460. The Kier molecular flexibility index (Phi) is 7.62. The van der Waals surface area contributed by atoms with Crippen LogP contribution < -0.4 is 27.8 Å². The lowest BCUT2D eigenvalue weighted by atomic mass is 9.92. The van der Waals surface area contributed by atoms with Gasteiger partial charge >= 0.3 is 0 Å². The fraction of sp³-hybridized carbons (Fsp3) is 0.320. The number of carbonyl (C=O) groups is 2. The number of benzene rings is 2. The van der Waals surface area contributed by atoms with Gasteiger partial charge in [-0.25, -0.2) is 12.4 Å². The molecule has 3 aromatic rings. The summed E-state index contributed by atoms with van der Waals surface area (Å²) < 4.78 is 28.9. The van der Waals surface area contributed by atoms with Crippen molar-refractivity contribution in [2.24, 2.45) is 17.2 Å². The molecule has 1 saturated carbocycles. The number of rotatable bonds is 8. The molecule has 12 heteroatoms. The Morgan fingerprint density at radius 3 is 2.46 bits per heavy atom. The second-order valence-corrected chi connectivity index (χ2v) is 11.0. The van der Waals surface area contributed by atoms with Crippen molar-refractivity contribution in [2.75, 3.05) is 11.9 Å². The minimum atomic E-state index is -4.31. The van der Waals surface area contributed by atoms with Crippen LogP contribution in [-0.2, 0) is 14.8 Å². The van der Waals surface area contributed by atoms with E-state index in [1.807, 2.05) is 0 Å². The van der Waals surface area contributed by atoms with Gasteiger partial charge in [0.2, 0.25) is 5.91 Å². The number of nitrogens with zero attached hydrogens (tertiary/aromatic N) is 1. The van der Waals surface area contributed by atoms with E-state index in [2.05, 4.69) is 10.6 Å². The van der Waals surface area contributed by atoms with Crippen LogP contribution in [0.2, 0.25) is 0 Å². The SMILES string of the molecule is N=C(N)c1ccc2cc(C(=O)N[C@H]3CC[C@H](N)CC3)n(S(=O)(=O)c3cccc(NC(=O)CCN)c3)c2c1. The Morgan fingerprint density at radius 2 is 1.78 bits per heavy atom. The first kappa shape index (κ1) is 26.3. The van der Waals surface area contributed by atoms with Crippen LogP contribution in [0.25, 0.3) is 10.9 Å². The molecule has 1 aliphatic carbocycles. The molecule has 1 aliphatic rings.